The molecule has 2 atom stereocenters. The Bertz CT molecular complexity index is 1110. The number of hydrogen-bond acceptors (Lipinski definition) is 7. The Labute approximate surface area is 181 Å². The lowest BCUT2D eigenvalue weighted by Gasteiger charge is -2.17. The van der Waals surface area contributed by atoms with Crippen molar-refractivity contribution in [3.63, 3.8) is 0 Å². The number of aliphatic hydroxyl groups is 1. The Kier molecular flexibility index (Phi) is 5.88. The molecule has 0 aliphatic rings. The molecule has 0 fully saturated rings. The average Bonchev–Trinajstić information content (AvgIpc) is 3.21. The maximum absolute atomic E-state index is 10.9. The van der Waals surface area contributed by atoms with Gasteiger partial charge in [0.05, 0.1) is 17.4 Å². The lowest BCUT2D eigenvalue weighted by Crippen LogP contribution is -2.25. The predicted octanol–water partition coefficient (Wildman–Crippen LogP) is 4.46. The molecule has 0 saturated heterocycles. The van der Waals surface area contributed by atoms with Crippen LogP contribution < -0.4 is 5.32 Å². The van der Waals surface area contributed by atoms with Gasteiger partial charge >= 0.3 is 0 Å². The molecule has 0 spiro atoms. The normalized spacial score (nSPS) is 13.2. The van der Waals surface area contributed by atoms with E-state index in [1.807, 2.05) is 69.3 Å². The van der Waals surface area contributed by atoms with Crippen molar-refractivity contribution in [3.8, 4) is 22.6 Å². The zero-order chi connectivity index (χ0) is 22.0. The van der Waals surface area contributed by atoms with E-state index >= 15 is 0 Å². The molecule has 2 heterocycles. The SMILES string of the molecule is Cc1ccc(-c2cc(C(O)NC(C)c3nc(C)no3)nc(-c3ccc(C)cc3)n2)cc1. The van der Waals surface area contributed by atoms with Gasteiger partial charge < -0.3 is 9.63 Å². The summed E-state index contributed by atoms with van der Waals surface area (Å²) in [7, 11) is 0. The molecule has 0 amide bonds. The second kappa shape index (κ2) is 8.75. The second-order valence-electron chi connectivity index (χ2n) is 7.70. The molecule has 31 heavy (non-hydrogen) atoms. The number of nitrogens with one attached hydrogen (secondary N) is 1. The maximum Gasteiger partial charge on any atom is 0.243 e. The van der Waals surface area contributed by atoms with Gasteiger partial charge in [-0.15, -0.1) is 0 Å². The fourth-order valence-corrected chi connectivity index (χ4v) is 3.19. The van der Waals surface area contributed by atoms with E-state index in [1.165, 1.54) is 5.56 Å². The van der Waals surface area contributed by atoms with Crippen molar-refractivity contribution in [2.45, 2.75) is 40.0 Å². The van der Waals surface area contributed by atoms with Crippen molar-refractivity contribution in [2.75, 3.05) is 0 Å². The van der Waals surface area contributed by atoms with Crippen LogP contribution in [0.15, 0.2) is 59.1 Å². The first kappa shape index (κ1) is 20.8. The first-order valence-electron chi connectivity index (χ1n) is 10.2. The van der Waals surface area contributed by atoms with Crippen LogP contribution in [-0.2, 0) is 0 Å². The third-order valence-electron chi connectivity index (χ3n) is 5.00. The van der Waals surface area contributed by atoms with E-state index in [0.717, 1.165) is 22.4 Å². The summed E-state index contributed by atoms with van der Waals surface area (Å²) in [5.74, 6) is 1.50. The number of aryl methyl sites for hydroxylation is 3. The Morgan fingerprint density at radius 2 is 1.45 bits per heavy atom. The summed E-state index contributed by atoms with van der Waals surface area (Å²) in [6.45, 7) is 7.68. The molecule has 2 aromatic heterocycles. The molecule has 7 heteroatoms. The molecular weight excluding hydrogens is 390 g/mol. The van der Waals surface area contributed by atoms with Gasteiger partial charge in [-0.25, -0.2) is 9.97 Å². The van der Waals surface area contributed by atoms with E-state index in [2.05, 4.69) is 20.4 Å². The molecule has 4 aromatic rings. The molecule has 2 N–H and O–H groups in total. The Morgan fingerprint density at radius 3 is 2.03 bits per heavy atom. The summed E-state index contributed by atoms with van der Waals surface area (Å²) in [6, 6.07) is 17.6. The first-order chi connectivity index (χ1) is 14.9. The van der Waals surface area contributed by atoms with E-state index in [1.54, 1.807) is 13.0 Å². The van der Waals surface area contributed by atoms with E-state index in [0.29, 0.717) is 23.2 Å². The van der Waals surface area contributed by atoms with Crippen LogP contribution in [0.4, 0.5) is 0 Å². The third kappa shape index (κ3) is 4.84. The lowest BCUT2D eigenvalue weighted by atomic mass is 10.1. The van der Waals surface area contributed by atoms with Crippen LogP contribution in [0.3, 0.4) is 0 Å². The van der Waals surface area contributed by atoms with Gasteiger partial charge in [0.1, 0.15) is 6.23 Å². The van der Waals surface area contributed by atoms with E-state index in [4.69, 9.17) is 9.51 Å². The van der Waals surface area contributed by atoms with Crippen molar-refractivity contribution in [2.24, 2.45) is 0 Å². The van der Waals surface area contributed by atoms with Gasteiger partial charge in [0.15, 0.2) is 11.6 Å². The number of aromatic nitrogens is 4. The Hall–Kier alpha value is -3.42. The van der Waals surface area contributed by atoms with Crippen LogP contribution in [0.1, 0.15) is 47.7 Å². The van der Waals surface area contributed by atoms with Crippen LogP contribution in [-0.4, -0.2) is 25.2 Å². The van der Waals surface area contributed by atoms with Crippen molar-refractivity contribution in [1.82, 2.24) is 25.4 Å². The van der Waals surface area contributed by atoms with Crippen LogP contribution in [0.2, 0.25) is 0 Å². The quantitative estimate of drug-likeness (QED) is 0.449. The van der Waals surface area contributed by atoms with Gasteiger partial charge in [-0.05, 0) is 33.8 Å². The summed E-state index contributed by atoms with van der Waals surface area (Å²) < 4.78 is 5.20. The minimum absolute atomic E-state index is 0.350. The molecule has 0 aliphatic carbocycles. The number of benzene rings is 2. The minimum Gasteiger partial charge on any atom is -0.373 e. The number of aliphatic hydroxyl groups excluding tert-OH is 1. The summed E-state index contributed by atoms with van der Waals surface area (Å²) >= 11 is 0. The topological polar surface area (TPSA) is 97.0 Å². The van der Waals surface area contributed by atoms with Gasteiger partial charge in [-0.2, -0.15) is 4.98 Å². The molecule has 0 bridgehead atoms. The molecule has 2 aromatic carbocycles. The van der Waals surface area contributed by atoms with Crippen molar-refractivity contribution in [3.05, 3.63) is 83.1 Å². The molecule has 0 aliphatic heterocycles. The van der Waals surface area contributed by atoms with E-state index in [-0.39, 0.29) is 6.04 Å². The molecule has 0 saturated carbocycles. The van der Waals surface area contributed by atoms with Gasteiger partial charge in [-0.1, -0.05) is 64.8 Å². The Morgan fingerprint density at radius 1 is 0.839 bits per heavy atom. The molecule has 4 rings (SSSR count). The van der Waals surface area contributed by atoms with Crippen molar-refractivity contribution < 1.29 is 9.63 Å². The minimum atomic E-state index is -1.04. The van der Waals surface area contributed by atoms with Crippen LogP contribution in [0, 0.1) is 20.8 Å². The third-order valence-corrected chi connectivity index (χ3v) is 5.00. The monoisotopic (exact) mass is 415 g/mol. The largest absolute Gasteiger partial charge is 0.373 e. The fourth-order valence-electron chi connectivity index (χ4n) is 3.19. The van der Waals surface area contributed by atoms with E-state index < -0.39 is 6.23 Å². The van der Waals surface area contributed by atoms with Crippen LogP contribution >= 0.6 is 0 Å². The maximum atomic E-state index is 10.9. The highest BCUT2D eigenvalue weighted by Gasteiger charge is 2.20. The zero-order valence-corrected chi connectivity index (χ0v) is 18.0. The highest BCUT2D eigenvalue weighted by Crippen LogP contribution is 2.26. The van der Waals surface area contributed by atoms with Crippen LogP contribution in [0.5, 0.6) is 0 Å². The summed E-state index contributed by atoms with van der Waals surface area (Å²) in [6.07, 6.45) is -1.04. The highest BCUT2D eigenvalue weighted by molar-refractivity contribution is 5.64. The molecule has 0 radical (unpaired) electrons. The first-order valence-corrected chi connectivity index (χ1v) is 10.2. The van der Waals surface area contributed by atoms with Gasteiger partial charge in [0, 0.05) is 11.1 Å². The van der Waals surface area contributed by atoms with Crippen LogP contribution in [0.25, 0.3) is 22.6 Å². The molecule has 2 unspecified atom stereocenters. The van der Waals surface area contributed by atoms with Gasteiger partial charge in [0.2, 0.25) is 5.89 Å². The van der Waals surface area contributed by atoms with Gasteiger partial charge in [0.25, 0.3) is 0 Å². The van der Waals surface area contributed by atoms with Crippen molar-refractivity contribution in [1.29, 1.82) is 0 Å². The molecule has 7 nitrogen and oxygen atoms in total. The second-order valence-corrected chi connectivity index (χ2v) is 7.70. The summed E-state index contributed by atoms with van der Waals surface area (Å²) in [5, 5.41) is 17.8. The lowest BCUT2D eigenvalue weighted by molar-refractivity contribution is 0.114. The summed E-state index contributed by atoms with van der Waals surface area (Å²) in [5.41, 5.74) is 5.36. The highest BCUT2D eigenvalue weighted by atomic mass is 16.5. The van der Waals surface area contributed by atoms with E-state index in [9.17, 15) is 5.11 Å². The summed E-state index contributed by atoms with van der Waals surface area (Å²) in [4.78, 5) is 13.6. The Balaban J connectivity index is 1.71. The number of nitrogens with zero attached hydrogens (tertiary/aromatic N) is 4. The average molecular weight is 415 g/mol. The smallest absolute Gasteiger partial charge is 0.243 e. The number of hydrogen-bond donors (Lipinski definition) is 2. The van der Waals surface area contributed by atoms with Crippen molar-refractivity contribution >= 4 is 0 Å². The van der Waals surface area contributed by atoms with Gasteiger partial charge in [-0.3, -0.25) is 5.32 Å². The standard InChI is InChI=1S/C24H25N5O2/c1-14-5-9-18(10-6-14)20-13-21(23(30)25-16(3)24-26-17(4)29-31-24)28-22(27-20)19-11-7-15(2)8-12-19/h5-13,16,23,25,30H,1-4H3. The predicted molar refractivity (Wildman–Crippen MR) is 118 cm³/mol. The molecule has 158 valence electrons. The fraction of sp³-hybridized carbons (Fsp3) is 0.250. The molecular formula is C24H25N5O2. The number of rotatable bonds is 6. The zero-order valence-electron chi connectivity index (χ0n) is 18.0.